The number of nitrogens with zero attached hydrogens (tertiary/aromatic N) is 1. The molecule has 2 aromatic rings. The molecule has 0 saturated carbocycles. The van der Waals surface area contributed by atoms with E-state index in [9.17, 15) is 22.8 Å². The van der Waals surface area contributed by atoms with Crippen LogP contribution in [-0.4, -0.2) is 10.4 Å². The number of Topliss-reactive ketones (excluding diaryl/α,β-unsaturated/α-hetero) is 1. The van der Waals surface area contributed by atoms with Gasteiger partial charge in [-0.05, 0) is 13.0 Å². The number of hydrogen-bond donors (Lipinski definition) is 0. The summed E-state index contributed by atoms with van der Waals surface area (Å²) in [6.07, 6.45) is -3.89. The Bertz CT molecular complexity index is 715. The summed E-state index contributed by atoms with van der Waals surface area (Å²) in [6, 6.07) is 8.12. The van der Waals surface area contributed by atoms with Gasteiger partial charge in [0.25, 0.3) is 5.56 Å². The first kappa shape index (κ1) is 15.0. The monoisotopic (exact) mass is 295 g/mol. The van der Waals surface area contributed by atoms with Crippen molar-refractivity contribution < 1.29 is 18.0 Å². The molecule has 0 atom stereocenters. The van der Waals surface area contributed by atoms with Gasteiger partial charge in [0.2, 0.25) is 0 Å². The van der Waals surface area contributed by atoms with Crippen molar-refractivity contribution in [2.24, 2.45) is 0 Å². The van der Waals surface area contributed by atoms with E-state index >= 15 is 0 Å². The predicted molar refractivity (Wildman–Crippen MR) is 71.2 cm³/mol. The zero-order valence-electron chi connectivity index (χ0n) is 11.1. The van der Waals surface area contributed by atoms with Crippen molar-refractivity contribution in [3.8, 4) is 0 Å². The van der Waals surface area contributed by atoms with E-state index in [1.165, 1.54) is 0 Å². The van der Waals surface area contributed by atoms with Crippen LogP contribution < -0.4 is 5.56 Å². The summed E-state index contributed by atoms with van der Waals surface area (Å²) in [7, 11) is 0. The molecule has 6 heteroatoms. The summed E-state index contributed by atoms with van der Waals surface area (Å²) in [4.78, 5) is 23.6. The van der Waals surface area contributed by atoms with Crippen molar-refractivity contribution in [1.82, 2.24) is 4.57 Å². The summed E-state index contributed by atoms with van der Waals surface area (Å²) in [6.45, 7) is 1.43. The lowest BCUT2D eigenvalue weighted by Crippen LogP contribution is -2.25. The van der Waals surface area contributed by atoms with E-state index in [-0.39, 0.29) is 0 Å². The van der Waals surface area contributed by atoms with Crippen LogP contribution in [0.15, 0.2) is 47.4 Å². The Labute approximate surface area is 118 Å². The molecular formula is C15H12F3NO2. The van der Waals surface area contributed by atoms with Crippen LogP contribution in [0.5, 0.6) is 0 Å². The molecule has 21 heavy (non-hydrogen) atoms. The summed E-state index contributed by atoms with van der Waals surface area (Å²) < 4.78 is 38.6. The van der Waals surface area contributed by atoms with Gasteiger partial charge in [-0.15, -0.1) is 0 Å². The fraction of sp³-hybridized carbons (Fsp3) is 0.200. The highest BCUT2D eigenvalue weighted by Crippen LogP contribution is 2.28. The smallest absolute Gasteiger partial charge is 0.307 e. The van der Waals surface area contributed by atoms with E-state index in [1.54, 1.807) is 24.3 Å². The SMILES string of the molecule is Cc1ccc(C(=O)Cn2cc(C(F)(F)F)ccc2=O)cc1. The number of benzene rings is 1. The van der Waals surface area contributed by atoms with Crippen molar-refractivity contribution in [3.63, 3.8) is 0 Å². The summed E-state index contributed by atoms with van der Waals surface area (Å²) >= 11 is 0. The predicted octanol–water partition coefficient (Wildman–Crippen LogP) is 3.06. The molecule has 0 N–H and O–H groups in total. The van der Waals surface area contributed by atoms with Gasteiger partial charge in [0, 0.05) is 17.8 Å². The maximum atomic E-state index is 12.6. The van der Waals surface area contributed by atoms with Gasteiger partial charge in [-0.1, -0.05) is 29.8 Å². The molecule has 0 aliphatic rings. The molecule has 0 aliphatic heterocycles. The quantitative estimate of drug-likeness (QED) is 0.816. The summed E-state index contributed by atoms with van der Waals surface area (Å²) in [5, 5.41) is 0. The number of aromatic nitrogens is 1. The van der Waals surface area contributed by atoms with E-state index in [0.29, 0.717) is 17.8 Å². The van der Waals surface area contributed by atoms with Gasteiger partial charge in [-0.25, -0.2) is 0 Å². The number of alkyl halides is 3. The number of carbonyl (C=O) groups is 1. The van der Waals surface area contributed by atoms with Crippen molar-refractivity contribution in [3.05, 3.63) is 69.6 Å². The van der Waals surface area contributed by atoms with Gasteiger partial charge in [-0.2, -0.15) is 13.2 Å². The zero-order valence-corrected chi connectivity index (χ0v) is 11.1. The van der Waals surface area contributed by atoms with Gasteiger partial charge >= 0.3 is 6.18 Å². The van der Waals surface area contributed by atoms with Gasteiger partial charge in [0.05, 0.1) is 12.1 Å². The molecule has 3 nitrogen and oxygen atoms in total. The maximum Gasteiger partial charge on any atom is 0.417 e. The second-order valence-electron chi connectivity index (χ2n) is 4.67. The Hall–Kier alpha value is -2.37. The first-order chi connectivity index (χ1) is 9.77. The van der Waals surface area contributed by atoms with Crippen molar-refractivity contribution in [2.75, 3.05) is 0 Å². The van der Waals surface area contributed by atoms with E-state index in [2.05, 4.69) is 0 Å². The van der Waals surface area contributed by atoms with Crippen LogP contribution in [0.4, 0.5) is 13.2 Å². The van der Waals surface area contributed by atoms with Gasteiger partial charge in [0.1, 0.15) is 0 Å². The van der Waals surface area contributed by atoms with E-state index in [1.807, 2.05) is 6.92 Å². The Kier molecular flexibility index (Phi) is 3.97. The minimum absolute atomic E-state index is 0.352. The molecule has 2 rings (SSSR count). The average Bonchev–Trinajstić information content (AvgIpc) is 2.40. The summed E-state index contributed by atoms with van der Waals surface area (Å²) in [5.41, 5.74) is -0.296. The third kappa shape index (κ3) is 3.59. The molecule has 0 radical (unpaired) electrons. The van der Waals surface area contributed by atoms with Crippen molar-refractivity contribution >= 4 is 5.78 Å². The highest BCUT2D eigenvalue weighted by Gasteiger charge is 2.31. The lowest BCUT2D eigenvalue weighted by Gasteiger charge is -2.10. The molecule has 1 aromatic heterocycles. The first-order valence-electron chi connectivity index (χ1n) is 6.15. The number of ketones is 1. The Balaban J connectivity index is 2.29. The van der Waals surface area contributed by atoms with Gasteiger partial charge in [0.15, 0.2) is 5.78 Å². The lowest BCUT2D eigenvalue weighted by molar-refractivity contribution is -0.138. The number of hydrogen-bond acceptors (Lipinski definition) is 2. The standard InChI is InChI=1S/C15H12F3NO2/c1-10-2-4-11(5-3-10)13(20)9-19-8-12(15(16,17)18)6-7-14(19)21/h2-8H,9H2,1H3. The molecule has 0 unspecified atom stereocenters. The minimum atomic E-state index is -4.55. The molecule has 110 valence electrons. The number of pyridine rings is 1. The molecule has 0 fully saturated rings. The number of rotatable bonds is 3. The molecular weight excluding hydrogens is 283 g/mol. The van der Waals surface area contributed by atoms with E-state index < -0.39 is 29.6 Å². The van der Waals surface area contributed by atoms with Gasteiger partial charge < -0.3 is 4.57 Å². The molecule has 0 saturated heterocycles. The highest BCUT2D eigenvalue weighted by molar-refractivity contribution is 5.95. The summed E-state index contributed by atoms with van der Waals surface area (Å²) in [5.74, 6) is -0.420. The van der Waals surface area contributed by atoms with E-state index in [0.717, 1.165) is 16.2 Å². The fourth-order valence-corrected chi connectivity index (χ4v) is 1.81. The number of carbonyl (C=O) groups excluding carboxylic acids is 1. The molecule has 0 aliphatic carbocycles. The third-order valence-electron chi connectivity index (χ3n) is 3.00. The third-order valence-corrected chi connectivity index (χ3v) is 3.00. The zero-order chi connectivity index (χ0) is 15.6. The fourth-order valence-electron chi connectivity index (χ4n) is 1.81. The van der Waals surface area contributed by atoms with Crippen LogP contribution in [-0.2, 0) is 12.7 Å². The lowest BCUT2D eigenvalue weighted by atomic mass is 10.1. The van der Waals surface area contributed by atoms with Crippen LogP contribution in [0.2, 0.25) is 0 Å². The Morgan fingerprint density at radius 1 is 1.10 bits per heavy atom. The normalized spacial score (nSPS) is 11.4. The van der Waals surface area contributed by atoms with E-state index in [4.69, 9.17) is 0 Å². The molecule has 0 bridgehead atoms. The number of halogens is 3. The van der Waals surface area contributed by atoms with Gasteiger partial charge in [-0.3, -0.25) is 9.59 Å². The Morgan fingerprint density at radius 3 is 2.29 bits per heavy atom. The van der Waals surface area contributed by atoms with Crippen LogP contribution >= 0.6 is 0 Å². The molecule has 1 aromatic carbocycles. The topological polar surface area (TPSA) is 39.1 Å². The maximum absolute atomic E-state index is 12.6. The Morgan fingerprint density at radius 2 is 1.71 bits per heavy atom. The largest absolute Gasteiger partial charge is 0.417 e. The second-order valence-corrected chi connectivity index (χ2v) is 4.67. The van der Waals surface area contributed by atoms with Crippen LogP contribution in [0.1, 0.15) is 21.5 Å². The molecule has 1 heterocycles. The molecule has 0 spiro atoms. The van der Waals surface area contributed by atoms with Crippen molar-refractivity contribution in [1.29, 1.82) is 0 Å². The average molecular weight is 295 g/mol. The number of aryl methyl sites for hydroxylation is 1. The van der Waals surface area contributed by atoms with Crippen LogP contribution in [0.3, 0.4) is 0 Å². The van der Waals surface area contributed by atoms with Crippen molar-refractivity contribution in [2.45, 2.75) is 19.6 Å². The minimum Gasteiger partial charge on any atom is -0.307 e. The first-order valence-corrected chi connectivity index (χ1v) is 6.15. The van der Waals surface area contributed by atoms with Crippen LogP contribution in [0, 0.1) is 6.92 Å². The van der Waals surface area contributed by atoms with Crippen LogP contribution in [0.25, 0.3) is 0 Å². The highest BCUT2D eigenvalue weighted by atomic mass is 19.4. The second kappa shape index (κ2) is 5.55. The molecule has 0 amide bonds.